The first kappa shape index (κ1) is 17.9. The number of amides is 2. The molecule has 0 saturated heterocycles. The minimum atomic E-state index is -0.504. The number of hydrogen-bond acceptors (Lipinski definition) is 4. The number of benzene rings is 2. The van der Waals surface area contributed by atoms with Gasteiger partial charge < -0.3 is 4.74 Å². The van der Waals surface area contributed by atoms with Gasteiger partial charge in [-0.3, -0.25) is 9.80 Å². The van der Waals surface area contributed by atoms with E-state index in [4.69, 9.17) is 4.74 Å². The molecule has 0 bridgehead atoms. The lowest BCUT2D eigenvalue weighted by Crippen LogP contribution is -2.46. The Morgan fingerprint density at radius 1 is 1.21 bits per heavy atom. The van der Waals surface area contributed by atoms with Crippen molar-refractivity contribution in [1.82, 2.24) is 9.97 Å². The Balaban J connectivity index is 1.93. The summed E-state index contributed by atoms with van der Waals surface area (Å²) in [4.78, 5) is 24.7. The quantitative estimate of drug-likeness (QED) is 0.661. The number of halogens is 1. The average molecular weight is 378 g/mol. The summed E-state index contributed by atoms with van der Waals surface area (Å²) >= 11 is 0. The Kier molecular flexibility index (Phi) is 4.43. The van der Waals surface area contributed by atoms with Crippen LogP contribution in [-0.4, -0.2) is 29.7 Å². The highest BCUT2D eigenvalue weighted by molar-refractivity contribution is 6.18. The highest BCUT2D eigenvalue weighted by atomic mass is 19.1. The standard InChI is InChI=1S/C21H19FN4O2/c1-4-14-10-16-17-19(18(14)22)26(11-13-6-8-15(28-3)9-7-13)21(27)25(5-2)20(17)24-12-23-16/h4,6-10,12H,1,5,11H2,2-3H3. The van der Waals surface area contributed by atoms with Crippen LogP contribution in [0, 0.1) is 5.82 Å². The molecule has 0 radical (unpaired) electrons. The highest BCUT2D eigenvalue weighted by Gasteiger charge is 2.35. The molecule has 0 aliphatic carbocycles. The van der Waals surface area contributed by atoms with E-state index in [1.165, 1.54) is 22.2 Å². The highest BCUT2D eigenvalue weighted by Crippen LogP contribution is 2.42. The van der Waals surface area contributed by atoms with E-state index in [1.54, 1.807) is 13.2 Å². The van der Waals surface area contributed by atoms with Crippen LogP contribution in [0.3, 0.4) is 0 Å². The number of anilines is 2. The van der Waals surface area contributed by atoms with E-state index in [0.717, 1.165) is 5.56 Å². The van der Waals surface area contributed by atoms with Crippen LogP contribution >= 0.6 is 0 Å². The molecule has 28 heavy (non-hydrogen) atoms. The Morgan fingerprint density at radius 2 is 1.96 bits per heavy atom. The van der Waals surface area contributed by atoms with Crippen molar-refractivity contribution in [2.24, 2.45) is 0 Å². The minimum absolute atomic E-state index is 0.188. The number of carbonyl (C=O) groups excluding carboxylic acids is 1. The van der Waals surface area contributed by atoms with Gasteiger partial charge in [0.1, 0.15) is 17.9 Å². The topological polar surface area (TPSA) is 58.6 Å². The largest absolute Gasteiger partial charge is 0.497 e. The van der Waals surface area contributed by atoms with Crippen molar-refractivity contribution in [1.29, 1.82) is 0 Å². The number of rotatable bonds is 5. The molecule has 2 heterocycles. The van der Waals surface area contributed by atoms with Crippen molar-refractivity contribution in [2.45, 2.75) is 13.5 Å². The first-order valence-electron chi connectivity index (χ1n) is 8.90. The number of carbonyl (C=O) groups is 1. The van der Waals surface area contributed by atoms with Gasteiger partial charge >= 0.3 is 6.03 Å². The van der Waals surface area contributed by atoms with Gasteiger partial charge in [-0.1, -0.05) is 24.8 Å². The summed E-state index contributed by atoms with van der Waals surface area (Å²) < 4.78 is 20.5. The summed E-state index contributed by atoms with van der Waals surface area (Å²) in [6.45, 7) is 6.16. The SMILES string of the molecule is C=Cc1cc2ncnc3c2c(c1F)N(Cc1ccc(OC)cc1)C(=O)N3CC. The lowest BCUT2D eigenvalue weighted by molar-refractivity contribution is 0.250. The van der Waals surface area contributed by atoms with Crippen molar-refractivity contribution in [3.05, 3.63) is 60.2 Å². The molecule has 4 rings (SSSR count). The van der Waals surface area contributed by atoms with Crippen LogP contribution in [0.2, 0.25) is 0 Å². The maximum Gasteiger partial charge on any atom is 0.330 e. The van der Waals surface area contributed by atoms with Crippen LogP contribution < -0.4 is 14.5 Å². The summed E-state index contributed by atoms with van der Waals surface area (Å²) in [5.41, 5.74) is 1.90. The molecule has 1 aliphatic rings. The van der Waals surface area contributed by atoms with Crippen molar-refractivity contribution in [2.75, 3.05) is 23.5 Å². The van der Waals surface area contributed by atoms with E-state index in [9.17, 15) is 4.79 Å². The number of nitrogens with zero attached hydrogens (tertiary/aromatic N) is 4. The van der Waals surface area contributed by atoms with Crippen molar-refractivity contribution < 1.29 is 13.9 Å². The van der Waals surface area contributed by atoms with Crippen molar-refractivity contribution >= 4 is 34.5 Å². The predicted octanol–water partition coefficient (Wildman–Crippen LogP) is 4.39. The number of aromatic nitrogens is 2. The fourth-order valence-corrected chi connectivity index (χ4v) is 3.47. The average Bonchev–Trinajstić information content (AvgIpc) is 2.72. The fourth-order valence-electron chi connectivity index (χ4n) is 3.47. The van der Waals surface area contributed by atoms with Crippen LogP contribution in [0.25, 0.3) is 17.0 Å². The molecule has 0 spiro atoms. The van der Waals surface area contributed by atoms with Gasteiger partial charge in [-0.15, -0.1) is 0 Å². The molecule has 0 saturated carbocycles. The third-order valence-electron chi connectivity index (χ3n) is 4.87. The van der Waals surface area contributed by atoms with Gasteiger partial charge in [-0.2, -0.15) is 0 Å². The van der Waals surface area contributed by atoms with Crippen LogP contribution in [0.15, 0.2) is 43.2 Å². The molecule has 7 heteroatoms. The summed E-state index contributed by atoms with van der Waals surface area (Å²) in [6.07, 6.45) is 2.82. The number of methoxy groups -OCH3 is 1. The first-order chi connectivity index (χ1) is 13.6. The van der Waals surface area contributed by atoms with E-state index in [1.807, 2.05) is 31.2 Å². The molecule has 142 valence electrons. The number of hydrogen-bond donors (Lipinski definition) is 0. The van der Waals surface area contributed by atoms with Gasteiger partial charge in [0.2, 0.25) is 0 Å². The zero-order chi connectivity index (χ0) is 19.8. The van der Waals surface area contributed by atoms with Crippen molar-refractivity contribution in [3.63, 3.8) is 0 Å². The van der Waals surface area contributed by atoms with Gasteiger partial charge in [-0.25, -0.2) is 19.2 Å². The van der Waals surface area contributed by atoms with Crippen LogP contribution in [0.5, 0.6) is 5.75 Å². The van der Waals surface area contributed by atoms with Gasteiger partial charge in [0, 0.05) is 12.1 Å². The van der Waals surface area contributed by atoms with Crippen LogP contribution in [0.4, 0.5) is 20.7 Å². The van der Waals surface area contributed by atoms with Crippen LogP contribution in [0.1, 0.15) is 18.1 Å². The fraction of sp³-hybridized carbons (Fsp3) is 0.190. The maximum atomic E-state index is 15.3. The molecule has 0 N–H and O–H groups in total. The lowest BCUT2D eigenvalue weighted by Gasteiger charge is -2.36. The normalized spacial score (nSPS) is 13.2. The van der Waals surface area contributed by atoms with E-state index in [2.05, 4.69) is 16.5 Å². The summed E-state index contributed by atoms with van der Waals surface area (Å²) in [5, 5.41) is 0.528. The number of urea groups is 1. The van der Waals surface area contributed by atoms with Gasteiger partial charge in [-0.05, 0) is 30.7 Å². The molecule has 1 aliphatic heterocycles. The lowest BCUT2D eigenvalue weighted by atomic mass is 10.0. The van der Waals surface area contributed by atoms with Gasteiger partial charge in [0.25, 0.3) is 0 Å². The smallest absolute Gasteiger partial charge is 0.330 e. The summed E-state index contributed by atoms with van der Waals surface area (Å²) in [6, 6.07) is 8.62. The molecule has 2 aromatic carbocycles. The zero-order valence-electron chi connectivity index (χ0n) is 15.6. The molecule has 2 amide bonds. The molecular formula is C21H19FN4O2. The van der Waals surface area contributed by atoms with E-state index in [-0.39, 0.29) is 18.3 Å². The van der Waals surface area contributed by atoms with E-state index >= 15 is 4.39 Å². The monoisotopic (exact) mass is 378 g/mol. The second-order valence-electron chi connectivity index (χ2n) is 6.38. The molecular weight excluding hydrogens is 359 g/mol. The Morgan fingerprint density at radius 3 is 2.61 bits per heavy atom. The first-order valence-corrected chi connectivity index (χ1v) is 8.90. The van der Waals surface area contributed by atoms with Gasteiger partial charge in [0.15, 0.2) is 5.82 Å². The molecule has 0 atom stereocenters. The molecule has 0 fully saturated rings. The zero-order valence-corrected chi connectivity index (χ0v) is 15.6. The van der Waals surface area contributed by atoms with Gasteiger partial charge in [0.05, 0.1) is 30.2 Å². The summed E-state index contributed by atoms with van der Waals surface area (Å²) in [7, 11) is 1.59. The van der Waals surface area contributed by atoms with Crippen LogP contribution in [-0.2, 0) is 6.54 Å². The van der Waals surface area contributed by atoms with E-state index < -0.39 is 5.82 Å². The second kappa shape index (κ2) is 6.92. The second-order valence-corrected chi connectivity index (χ2v) is 6.38. The Labute approximate surface area is 161 Å². The maximum absolute atomic E-state index is 15.3. The Hall–Kier alpha value is -3.48. The minimum Gasteiger partial charge on any atom is -0.497 e. The van der Waals surface area contributed by atoms with Crippen molar-refractivity contribution in [3.8, 4) is 5.75 Å². The summed E-state index contributed by atoms with van der Waals surface area (Å²) in [5.74, 6) is 0.633. The molecule has 6 nitrogen and oxygen atoms in total. The molecule has 3 aromatic rings. The molecule has 0 unspecified atom stereocenters. The molecule has 1 aromatic heterocycles. The third-order valence-corrected chi connectivity index (χ3v) is 4.87. The third kappa shape index (κ3) is 2.67. The van der Waals surface area contributed by atoms with E-state index in [0.29, 0.717) is 34.6 Å². The Bertz CT molecular complexity index is 1080. The predicted molar refractivity (Wildman–Crippen MR) is 107 cm³/mol. The number of ether oxygens (including phenoxy) is 1.